The summed E-state index contributed by atoms with van der Waals surface area (Å²) in [5.41, 5.74) is 9.11. The van der Waals surface area contributed by atoms with Gasteiger partial charge in [0.2, 0.25) is 0 Å². The second-order valence-electron chi connectivity index (χ2n) is 14.1. The number of benzene rings is 8. The van der Waals surface area contributed by atoms with E-state index in [4.69, 9.17) is 21.2 Å². The maximum absolute atomic E-state index is 8.66. The highest BCUT2D eigenvalue weighted by atomic mass is 16.3. The molecule has 0 bridgehead atoms. The molecule has 6 heteroatoms. The van der Waals surface area contributed by atoms with Gasteiger partial charge in [0.25, 0.3) is 0 Å². The molecule has 0 atom stereocenters. The van der Waals surface area contributed by atoms with E-state index in [1.54, 1.807) is 0 Å². The number of aromatic nitrogens is 5. The van der Waals surface area contributed by atoms with Crippen molar-refractivity contribution < 1.29 is 11.3 Å². The van der Waals surface area contributed by atoms with Crippen LogP contribution in [-0.4, -0.2) is 24.1 Å². The fourth-order valence-electron chi connectivity index (χ4n) is 8.30. The standard InChI is InChI=1S/C51H31N5O/c1-4-14-32(15-5-1)49-52-50(33-16-6-2-7-17-33)54-51(53-49)34-24-26-39-42-29-36(25-27-47(42)57-48(39)28-34)56-44-23-13-11-21-38(44)41-30-40-37-20-10-12-22-43(37)55(45(40)31-46(41)56)35-18-8-3-9-19-35/h1-31H/i1D,4D,5D,14D,15D. The summed E-state index contributed by atoms with van der Waals surface area (Å²) in [4.78, 5) is 14.2. The van der Waals surface area contributed by atoms with Gasteiger partial charge < -0.3 is 13.6 Å². The summed E-state index contributed by atoms with van der Waals surface area (Å²) in [5.74, 6) is 0.556. The maximum Gasteiger partial charge on any atom is 0.164 e. The van der Waals surface area contributed by atoms with Gasteiger partial charge in [0, 0.05) is 60.4 Å². The summed E-state index contributed by atoms with van der Waals surface area (Å²) in [6.45, 7) is 0. The Kier molecular flexibility index (Phi) is 5.82. The number of hydrogen-bond donors (Lipinski definition) is 0. The summed E-state index contributed by atoms with van der Waals surface area (Å²) in [5, 5.41) is 6.57. The second kappa shape index (κ2) is 12.3. The molecule has 12 aromatic rings. The fraction of sp³-hybridized carbons (Fsp3) is 0. The van der Waals surface area contributed by atoms with Gasteiger partial charge in [0.15, 0.2) is 17.5 Å². The SMILES string of the molecule is [2H]c1c([2H])c([2H])c(-c2nc(-c3ccccc3)nc(-c3ccc4c(c3)oc3ccc(-n5c6ccccc6c6cc7c8ccccc8n(-c8ccccc8)c7cc65)cc34)n2)c([2H])c1[2H]. The van der Waals surface area contributed by atoms with Crippen molar-refractivity contribution in [1.82, 2.24) is 24.1 Å². The van der Waals surface area contributed by atoms with Crippen LogP contribution in [0.15, 0.2) is 192 Å². The Hall–Kier alpha value is -7.83. The molecular weight excluding hydrogens is 699 g/mol. The first-order valence-corrected chi connectivity index (χ1v) is 18.7. The topological polar surface area (TPSA) is 61.7 Å². The van der Waals surface area contributed by atoms with Crippen LogP contribution in [0.1, 0.15) is 6.85 Å². The molecule has 0 saturated carbocycles. The smallest absolute Gasteiger partial charge is 0.164 e. The van der Waals surface area contributed by atoms with Crippen molar-refractivity contribution in [3.63, 3.8) is 0 Å². The molecule has 0 aliphatic heterocycles. The van der Waals surface area contributed by atoms with E-state index in [9.17, 15) is 0 Å². The molecule has 0 fully saturated rings. The Morgan fingerprint density at radius 2 is 0.965 bits per heavy atom. The first kappa shape index (κ1) is 26.9. The predicted octanol–water partition coefficient (Wildman–Crippen LogP) is 13.0. The molecule has 0 radical (unpaired) electrons. The average Bonchev–Trinajstić information content (AvgIpc) is 3.96. The molecule has 57 heavy (non-hydrogen) atoms. The molecule has 0 spiro atoms. The van der Waals surface area contributed by atoms with E-state index in [1.807, 2.05) is 60.7 Å². The van der Waals surface area contributed by atoms with E-state index in [0.717, 1.165) is 49.6 Å². The van der Waals surface area contributed by atoms with Crippen LogP contribution < -0.4 is 0 Å². The molecular formula is C51H31N5O. The monoisotopic (exact) mass is 734 g/mol. The van der Waals surface area contributed by atoms with Gasteiger partial charge in [-0.05, 0) is 66.7 Å². The van der Waals surface area contributed by atoms with E-state index in [1.165, 1.54) is 16.2 Å². The lowest BCUT2D eigenvalue weighted by Crippen LogP contribution is -2.00. The Balaban J connectivity index is 1.04. The quantitative estimate of drug-likeness (QED) is 0.177. The summed E-state index contributed by atoms with van der Waals surface area (Å²) >= 11 is 0. The third-order valence-corrected chi connectivity index (χ3v) is 10.8. The lowest BCUT2D eigenvalue weighted by Gasteiger charge is -2.10. The minimum atomic E-state index is -0.484. The number of furan rings is 1. The minimum Gasteiger partial charge on any atom is -0.456 e. The largest absolute Gasteiger partial charge is 0.456 e. The summed E-state index contributed by atoms with van der Waals surface area (Å²) in [6, 6.07) is 51.5. The van der Waals surface area contributed by atoms with Gasteiger partial charge >= 0.3 is 0 Å². The lowest BCUT2D eigenvalue weighted by atomic mass is 10.1. The normalized spacial score (nSPS) is 13.1. The van der Waals surface area contributed by atoms with Crippen LogP contribution in [0.25, 0.3) is 111 Å². The van der Waals surface area contributed by atoms with Crippen molar-refractivity contribution >= 4 is 65.6 Å². The highest BCUT2D eigenvalue weighted by molar-refractivity contribution is 6.19. The maximum atomic E-state index is 8.66. The molecule has 0 aliphatic rings. The van der Waals surface area contributed by atoms with Crippen molar-refractivity contribution in [3.8, 4) is 45.5 Å². The molecule has 0 N–H and O–H groups in total. The van der Waals surface area contributed by atoms with Crippen LogP contribution in [0.4, 0.5) is 0 Å². The first-order valence-electron chi connectivity index (χ1n) is 21.2. The molecule has 4 heterocycles. The highest BCUT2D eigenvalue weighted by Crippen LogP contribution is 2.41. The van der Waals surface area contributed by atoms with Gasteiger partial charge in [0.05, 0.1) is 28.9 Å². The van der Waals surface area contributed by atoms with Crippen LogP contribution in [-0.2, 0) is 0 Å². The van der Waals surface area contributed by atoms with Crippen LogP contribution >= 0.6 is 0 Å². The van der Waals surface area contributed by atoms with Gasteiger partial charge in [-0.1, -0.05) is 121 Å². The minimum absolute atomic E-state index is 0.0206. The Morgan fingerprint density at radius 1 is 0.368 bits per heavy atom. The zero-order chi connectivity index (χ0) is 41.8. The average molecular weight is 735 g/mol. The molecule has 0 aliphatic carbocycles. The van der Waals surface area contributed by atoms with E-state index in [2.05, 4.69) is 111 Å². The summed E-state index contributed by atoms with van der Waals surface area (Å²) in [7, 11) is 0. The van der Waals surface area contributed by atoms with Crippen LogP contribution in [0.3, 0.4) is 0 Å². The molecule has 6 nitrogen and oxygen atoms in total. The zero-order valence-corrected chi connectivity index (χ0v) is 30.2. The van der Waals surface area contributed by atoms with Gasteiger partial charge in [-0.3, -0.25) is 0 Å². The van der Waals surface area contributed by atoms with E-state index >= 15 is 0 Å². The molecule has 0 unspecified atom stereocenters. The van der Waals surface area contributed by atoms with Crippen molar-refractivity contribution in [2.24, 2.45) is 0 Å². The molecule has 0 saturated heterocycles. The fourth-order valence-corrected chi connectivity index (χ4v) is 8.30. The van der Waals surface area contributed by atoms with Gasteiger partial charge in [-0.25, -0.2) is 15.0 Å². The Bertz CT molecular complexity index is 3790. The molecule has 8 aromatic carbocycles. The predicted molar refractivity (Wildman–Crippen MR) is 232 cm³/mol. The van der Waals surface area contributed by atoms with Crippen molar-refractivity contribution in [3.05, 3.63) is 188 Å². The number of rotatable bonds is 5. The Labute approximate surface area is 333 Å². The molecule has 266 valence electrons. The number of nitrogens with zero attached hydrogens (tertiary/aromatic N) is 5. The van der Waals surface area contributed by atoms with E-state index < -0.39 is 18.1 Å². The highest BCUT2D eigenvalue weighted by Gasteiger charge is 2.20. The third-order valence-electron chi connectivity index (χ3n) is 10.8. The second-order valence-corrected chi connectivity index (χ2v) is 14.1. The molecule has 4 aromatic heterocycles. The van der Waals surface area contributed by atoms with Crippen LogP contribution in [0.5, 0.6) is 0 Å². The zero-order valence-electron chi connectivity index (χ0n) is 35.2. The number of hydrogen-bond acceptors (Lipinski definition) is 4. The van der Waals surface area contributed by atoms with E-state index in [0.29, 0.717) is 28.1 Å². The number of para-hydroxylation sites is 3. The van der Waals surface area contributed by atoms with Crippen molar-refractivity contribution in [1.29, 1.82) is 0 Å². The lowest BCUT2D eigenvalue weighted by molar-refractivity contribution is 0.669. The molecule has 0 amide bonds. The van der Waals surface area contributed by atoms with Crippen molar-refractivity contribution in [2.75, 3.05) is 0 Å². The first-order chi connectivity index (χ1) is 30.3. The summed E-state index contributed by atoms with van der Waals surface area (Å²) < 4.78 is 53.3. The Morgan fingerprint density at radius 3 is 1.67 bits per heavy atom. The van der Waals surface area contributed by atoms with Gasteiger partial charge in [-0.15, -0.1) is 0 Å². The third kappa shape index (κ3) is 4.94. The van der Waals surface area contributed by atoms with Crippen LogP contribution in [0, 0.1) is 0 Å². The number of fused-ring (bicyclic) bond motifs is 9. The van der Waals surface area contributed by atoms with Gasteiger partial charge in [-0.2, -0.15) is 0 Å². The molecule has 12 rings (SSSR count). The van der Waals surface area contributed by atoms with E-state index in [-0.39, 0.29) is 29.3 Å². The van der Waals surface area contributed by atoms with Gasteiger partial charge in [0.1, 0.15) is 11.2 Å². The van der Waals surface area contributed by atoms with Crippen molar-refractivity contribution in [2.45, 2.75) is 0 Å². The summed E-state index contributed by atoms with van der Waals surface area (Å²) in [6.07, 6.45) is 0. The van der Waals surface area contributed by atoms with Crippen LogP contribution in [0.2, 0.25) is 0 Å².